The van der Waals surface area contributed by atoms with Gasteiger partial charge in [-0.05, 0) is 37.5 Å². The van der Waals surface area contributed by atoms with E-state index in [1.54, 1.807) is 7.05 Å². The molecule has 2 rings (SSSR count). The highest BCUT2D eigenvalue weighted by atomic mass is 16.5. The van der Waals surface area contributed by atoms with Crippen LogP contribution in [-0.2, 0) is 11.3 Å². The molecule has 1 aromatic rings. The van der Waals surface area contributed by atoms with Crippen LogP contribution in [0.1, 0.15) is 44.6 Å². The number of hydrogen-bond acceptors (Lipinski definition) is 3. The van der Waals surface area contributed by atoms with E-state index in [4.69, 9.17) is 4.74 Å². The zero-order chi connectivity index (χ0) is 19.5. The Bertz CT molecular complexity index is 595. The molecule has 0 heterocycles. The molecule has 6 nitrogen and oxygen atoms in total. The third kappa shape index (κ3) is 7.12. The molecule has 6 heteroatoms. The van der Waals surface area contributed by atoms with E-state index in [9.17, 15) is 4.79 Å². The molecule has 0 aliphatic heterocycles. The molecule has 27 heavy (non-hydrogen) atoms. The normalized spacial score (nSPS) is 15.3. The summed E-state index contributed by atoms with van der Waals surface area (Å²) in [5.41, 5.74) is 1.19. The summed E-state index contributed by atoms with van der Waals surface area (Å²) in [6.07, 6.45) is 5.69. The number of nitrogens with zero attached hydrogens (tertiary/aromatic N) is 2. The van der Waals surface area contributed by atoms with Gasteiger partial charge in [0.1, 0.15) is 5.75 Å². The fraction of sp³-hybridized carbons (Fsp3) is 0.619. The Labute approximate surface area is 163 Å². The van der Waals surface area contributed by atoms with E-state index >= 15 is 0 Å². The van der Waals surface area contributed by atoms with Crippen LogP contribution in [-0.4, -0.2) is 50.6 Å². The average molecular weight is 375 g/mol. The minimum atomic E-state index is 0.203. The Morgan fingerprint density at radius 2 is 1.81 bits per heavy atom. The topological polar surface area (TPSA) is 66.0 Å². The van der Waals surface area contributed by atoms with Crippen molar-refractivity contribution in [2.75, 3.05) is 33.8 Å². The second-order valence-corrected chi connectivity index (χ2v) is 7.03. The molecule has 0 spiro atoms. The molecule has 1 amide bonds. The van der Waals surface area contributed by atoms with Gasteiger partial charge in [-0.25, -0.2) is 0 Å². The molecule has 0 unspecified atom stereocenters. The third-order valence-electron chi connectivity index (χ3n) is 4.91. The van der Waals surface area contributed by atoms with Crippen molar-refractivity contribution in [3.63, 3.8) is 0 Å². The molecule has 0 bridgehead atoms. The highest BCUT2D eigenvalue weighted by Crippen LogP contribution is 2.23. The minimum Gasteiger partial charge on any atom is -0.494 e. The molecule has 150 valence electrons. The van der Waals surface area contributed by atoms with Gasteiger partial charge in [-0.1, -0.05) is 31.4 Å². The Morgan fingerprint density at radius 3 is 2.44 bits per heavy atom. The van der Waals surface area contributed by atoms with Crippen molar-refractivity contribution in [1.29, 1.82) is 0 Å². The number of carbonyl (C=O) groups is 1. The van der Waals surface area contributed by atoms with Crippen LogP contribution < -0.4 is 15.4 Å². The Hall–Kier alpha value is -2.24. The Balaban J connectivity index is 1.71. The highest BCUT2D eigenvalue weighted by Gasteiger charge is 2.20. The van der Waals surface area contributed by atoms with E-state index in [1.165, 1.54) is 24.8 Å². The lowest BCUT2D eigenvalue weighted by molar-refractivity contribution is -0.125. The maximum Gasteiger partial charge on any atom is 0.223 e. The van der Waals surface area contributed by atoms with Crippen LogP contribution >= 0.6 is 0 Å². The van der Waals surface area contributed by atoms with Gasteiger partial charge in [0, 0.05) is 39.6 Å². The van der Waals surface area contributed by atoms with Crippen molar-refractivity contribution in [2.24, 2.45) is 10.9 Å². The molecule has 0 aromatic heterocycles. The zero-order valence-corrected chi connectivity index (χ0v) is 17.0. The van der Waals surface area contributed by atoms with Gasteiger partial charge in [0.25, 0.3) is 0 Å². The molecule has 1 saturated carbocycles. The quantitative estimate of drug-likeness (QED) is 0.417. The van der Waals surface area contributed by atoms with Crippen LogP contribution in [0.3, 0.4) is 0 Å². The van der Waals surface area contributed by atoms with Gasteiger partial charge < -0.3 is 20.3 Å². The Kier molecular flexibility index (Phi) is 8.95. The smallest absolute Gasteiger partial charge is 0.223 e. The number of rotatable bonds is 8. The van der Waals surface area contributed by atoms with Crippen molar-refractivity contribution in [2.45, 2.75) is 45.6 Å². The molecule has 1 fully saturated rings. The number of benzene rings is 1. The molecule has 2 N–H and O–H groups in total. The van der Waals surface area contributed by atoms with E-state index in [0.717, 1.165) is 31.1 Å². The lowest BCUT2D eigenvalue weighted by Gasteiger charge is -2.23. The van der Waals surface area contributed by atoms with E-state index in [2.05, 4.69) is 32.7 Å². The molecule has 0 atom stereocenters. The summed E-state index contributed by atoms with van der Waals surface area (Å²) in [5, 5.41) is 6.37. The summed E-state index contributed by atoms with van der Waals surface area (Å²) in [7, 11) is 3.78. The summed E-state index contributed by atoms with van der Waals surface area (Å²) >= 11 is 0. The van der Waals surface area contributed by atoms with Gasteiger partial charge in [0.05, 0.1) is 6.61 Å². The first kappa shape index (κ1) is 21.1. The summed E-state index contributed by atoms with van der Waals surface area (Å²) in [4.78, 5) is 18.6. The summed E-state index contributed by atoms with van der Waals surface area (Å²) in [5.74, 6) is 2.12. The van der Waals surface area contributed by atoms with Crippen LogP contribution in [0.25, 0.3) is 0 Å². The SMILES string of the molecule is CCOc1ccc(CN(C)C(=NC)NCCNC(=O)C2CCCCC2)cc1. The first-order chi connectivity index (χ1) is 13.1. The molecule has 0 saturated heterocycles. The number of hydrogen-bond donors (Lipinski definition) is 2. The van der Waals surface area contributed by atoms with Crippen molar-refractivity contribution in [3.05, 3.63) is 29.8 Å². The molecule has 1 aliphatic carbocycles. The van der Waals surface area contributed by atoms with Crippen molar-refractivity contribution in [1.82, 2.24) is 15.5 Å². The molecule has 1 aliphatic rings. The number of aliphatic imine (C=N–C) groups is 1. The summed E-state index contributed by atoms with van der Waals surface area (Å²) in [6, 6.07) is 8.12. The van der Waals surface area contributed by atoms with Crippen molar-refractivity contribution in [3.8, 4) is 5.75 Å². The lowest BCUT2D eigenvalue weighted by Crippen LogP contribution is -2.43. The van der Waals surface area contributed by atoms with Crippen LogP contribution in [0, 0.1) is 5.92 Å². The monoisotopic (exact) mass is 374 g/mol. The maximum absolute atomic E-state index is 12.2. The number of guanidine groups is 1. The molecular weight excluding hydrogens is 340 g/mol. The van der Waals surface area contributed by atoms with Crippen LogP contribution in [0.2, 0.25) is 0 Å². The van der Waals surface area contributed by atoms with Gasteiger partial charge in [-0.15, -0.1) is 0 Å². The van der Waals surface area contributed by atoms with Gasteiger partial charge in [-0.2, -0.15) is 0 Å². The zero-order valence-electron chi connectivity index (χ0n) is 17.0. The number of amides is 1. The van der Waals surface area contributed by atoms with E-state index in [-0.39, 0.29) is 11.8 Å². The second kappa shape index (κ2) is 11.5. The van der Waals surface area contributed by atoms with Crippen LogP contribution in [0.5, 0.6) is 5.75 Å². The second-order valence-electron chi connectivity index (χ2n) is 7.03. The van der Waals surface area contributed by atoms with E-state index in [1.807, 2.05) is 26.1 Å². The summed E-state index contributed by atoms with van der Waals surface area (Å²) < 4.78 is 5.48. The summed E-state index contributed by atoms with van der Waals surface area (Å²) in [6.45, 7) is 4.69. The van der Waals surface area contributed by atoms with Gasteiger partial charge in [0.2, 0.25) is 5.91 Å². The maximum atomic E-state index is 12.2. The molecule has 1 aromatic carbocycles. The van der Waals surface area contributed by atoms with Gasteiger partial charge in [0.15, 0.2) is 5.96 Å². The number of ether oxygens (including phenoxy) is 1. The fourth-order valence-corrected chi connectivity index (χ4v) is 3.46. The number of carbonyl (C=O) groups excluding carboxylic acids is 1. The lowest BCUT2D eigenvalue weighted by atomic mass is 9.89. The fourth-order valence-electron chi connectivity index (χ4n) is 3.46. The standard InChI is InChI=1S/C21H34N4O2/c1-4-27-19-12-10-17(11-13-19)16-25(3)21(22-2)24-15-14-23-20(26)18-8-6-5-7-9-18/h10-13,18H,4-9,14-16H2,1-3H3,(H,22,24)(H,23,26). The third-order valence-corrected chi connectivity index (χ3v) is 4.91. The van der Waals surface area contributed by atoms with E-state index in [0.29, 0.717) is 19.7 Å². The average Bonchev–Trinajstić information content (AvgIpc) is 2.70. The number of nitrogens with one attached hydrogen (secondary N) is 2. The Morgan fingerprint density at radius 1 is 1.15 bits per heavy atom. The van der Waals surface area contributed by atoms with Gasteiger partial charge in [-0.3, -0.25) is 9.79 Å². The van der Waals surface area contributed by atoms with Gasteiger partial charge >= 0.3 is 0 Å². The minimum absolute atomic E-state index is 0.203. The van der Waals surface area contributed by atoms with Crippen molar-refractivity contribution < 1.29 is 9.53 Å². The predicted molar refractivity (Wildman–Crippen MR) is 110 cm³/mol. The van der Waals surface area contributed by atoms with Crippen molar-refractivity contribution >= 4 is 11.9 Å². The molecular formula is C21H34N4O2. The van der Waals surface area contributed by atoms with Crippen LogP contribution in [0.15, 0.2) is 29.3 Å². The first-order valence-electron chi connectivity index (χ1n) is 10.0. The predicted octanol–water partition coefficient (Wildman–Crippen LogP) is 2.79. The first-order valence-corrected chi connectivity index (χ1v) is 10.0. The van der Waals surface area contributed by atoms with E-state index < -0.39 is 0 Å². The molecule has 0 radical (unpaired) electrons. The highest BCUT2D eigenvalue weighted by molar-refractivity contribution is 5.80. The largest absolute Gasteiger partial charge is 0.494 e. The van der Waals surface area contributed by atoms with Crippen LogP contribution in [0.4, 0.5) is 0 Å².